The van der Waals surface area contributed by atoms with Gasteiger partial charge in [0.25, 0.3) is 0 Å². The van der Waals surface area contributed by atoms with Gasteiger partial charge in [-0.2, -0.15) is 0 Å². The van der Waals surface area contributed by atoms with Crippen molar-refractivity contribution in [3.05, 3.63) is 30.2 Å². The number of hydrogen-bond acceptors (Lipinski definition) is 6. The Kier molecular flexibility index (Phi) is 6.33. The molecule has 2 fully saturated rings. The number of alkyl halides is 3. The predicted molar refractivity (Wildman–Crippen MR) is 107 cm³/mol. The van der Waals surface area contributed by atoms with Gasteiger partial charge in [0.05, 0.1) is 5.92 Å². The summed E-state index contributed by atoms with van der Waals surface area (Å²) >= 11 is 0. The van der Waals surface area contributed by atoms with Crippen LogP contribution in [0.2, 0.25) is 0 Å². The average Bonchev–Trinajstić information content (AvgIpc) is 3.47. The summed E-state index contributed by atoms with van der Waals surface area (Å²) in [7, 11) is 0. The smallest absolute Gasteiger partial charge is 0.407 e. The fraction of sp³-hybridized carbons (Fsp3) is 0.524. The molecule has 1 N–H and O–H groups in total. The van der Waals surface area contributed by atoms with Crippen molar-refractivity contribution in [1.82, 2.24) is 10.2 Å². The molecule has 2 aliphatic rings. The minimum Gasteiger partial charge on any atom is -0.407 e. The highest BCUT2D eigenvalue weighted by atomic mass is 19.4. The highest BCUT2D eigenvalue weighted by Crippen LogP contribution is 2.33. The molecule has 0 radical (unpaired) electrons. The van der Waals surface area contributed by atoms with Crippen LogP contribution in [-0.2, 0) is 9.59 Å². The maximum Gasteiger partial charge on any atom is 0.573 e. The van der Waals surface area contributed by atoms with Crippen LogP contribution in [0.1, 0.15) is 56.8 Å². The molecule has 1 atom stereocenters. The number of carbonyl (C=O) groups is 2. The van der Waals surface area contributed by atoms with Crippen molar-refractivity contribution < 1.29 is 31.9 Å². The highest BCUT2D eigenvalue weighted by molar-refractivity contribution is 5.96. The van der Waals surface area contributed by atoms with Gasteiger partial charge in [0.2, 0.25) is 17.7 Å². The van der Waals surface area contributed by atoms with Crippen molar-refractivity contribution in [2.24, 2.45) is 5.92 Å². The molecule has 2 aromatic rings. The maximum absolute atomic E-state index is 12.4. The molecule has 1 saturated heterocycles. The SMILES string of the molecule is O=C(CCC1CCCC1)Nc1nnc([C@@H]2CC(=O)N(c3ccc(OC(F)(F)F)cc3)C2)o1. The molecule has 11 heteroatoms. The van der Waals surface area contributed by atoms with E-state index in [0.29, 0.717) is 18.0 Å². The van der Waals surface area contributed by atoms with Crippen LogP contribution in [0.3, 0.4) is 0 Å². The lowest BCUT2D eigenvalue weighted by molar-refractivity contribution is -0.274. The van der Waals surface area contributed by atoms with Crippen LogP contribution < -0.4 is 15.0 Å². The Morgan fingerprint density at radius 2 is 1.91 bits per heavy atom. The van der Waals surface area contributed by atoms with Crippen molar-refractivity contribution in [3.63, 3.8) is 0 Å². The van der Waals surface area contributed by atoms with E-state index in [1.807, 2.05) is 0 Å². The number of nitrogens with zero attached hydrogens (tertiary/aromatic N) is 3. The normalized spacial score (nSPS) is 19.5. The van der Waals surface area contributed by atoms with E-state index >= 15 is 0 Å². The van der Waals surface area contributed by atoms with Crippen molar-refractivity contribution in [1.29, 1.82) is 0 Å². The van der Waals surface area contributed by atoms with Crippen LogP contribution in [0, 0.1) is 5.92 Å². The first-order valence-corrected chi connectivity index (χ1v) is 10.6. The van der Waals surface area contributed by atoms with Crippen LogP contribution in [0.15, 0.2) is 28.7 Å². The number of carbonyl (C=O) groups excluding carboxylic acids is 2. The summed E-state index contributed by atoms with van der Waals surface area (Å²) in [5.74, 6) is -0.329. The number of nitrogens with one attached hydrogen (secondary N) is 1. The van der Waals surface area contributed by atoms with E-state index in [1.165, 1.54) is 42.7 Å². The van der Waals surface area contributed by atoms with Gasteiger partial charge >= 0.3 is 12.4 Å². The van der Waals surface area contributed by atoms with Gasteiger partial charge in [-0.05, 0) is 36.6 Å². The monoisotopic (exact) mass is 452 g/mol. The van der Waals surface area contributed by atoms with Crippen LogP contribution >= 0.6 is 0 Å². The largest absolute Gasteiger partial charge is 0.573 e. The van der Waals surface area contributed by atoms with Gasteiger partial charge in [0.1, 0.15) is 5.75 Å². The van der Waals surface area contributed by atoms with Crippen LogP contribution in [0.5, 0.6) is 5.75 Å². The van der Waals surface area contributed by atoms with E-state index < -0.39 is 6.36 Å². The van der Waals surface area contributed by atoms with Gasteiger partial charge in [-0.1, -0.05) is 30.8 Å². The molecule has 172 valence electrons. The number of anilines is 2. The molecule has 4 rings (SSSR count). The maximum atomic E-state index is 12.4. The first kappa shape index (κ1) is 22.1. The Morgan fingerprint density at radius 1 is 1.19 bits per heavy atom. The number of rotatable bonds is 7. The van der Waals surface area contributed by atoms with Crippen molar-refractivity contribution >= 4 is 23.5 Å². The van der Waals surface area contributed by atoms with Gasteiger partial charge in [-0.3, -0.25) is 14.9 Å². The highest BCUT2D eigenvalue weighted by Gasteiger charge is 2.35. The second-order valence-corrected chi connectivity index (χ2v) is 8.13. The molecule has 1 aliphatic heterocycles. The van der Waals surface area contributed by atoms with E-state index in [1.54, 1.807) is 0 Å². The van der Waals surface area contributed by atoms with Crippen LogP contribution in [0.25, 0.3) is 0 Å². The molecule has 1 saturated carbocycles. The third-order valence-corrected chi connectivity index (χ3v) is 5.80. The molecule has 1 aromatic carbocycles. The lowest BCUT2D eigenvalue weighted by Gasteiger charge is -2.17. The van der Waals surface area contributed by atoms with Gasteiger partial charge < -0.3 is 14.1 Å². The lowest BCUT2D eigenvalue weighted by Crippen LogP contribution is -2.24. The van der Waals surface area contributed by atoms with E-state index in [4.69, 9.17) is 4.42 Å². The van der Waals surface area contributed by atoms with E-state index in [0.717, 1.165) is 18.6 Å². The summed E-state index contributed by atoms with van der Waals surface area (Å²) in [6.45, 7) is 0.232. The second-order valence-electron chi connectivity index (χ2n) is 8.13. The summed E-state index contributed by atoms with van der Waals surface area (Å²) in [6, 6.07) is 5.05. The Labute approximate surface area is 182 Å². The van der Waals surface area contributed by atoms with E-state index in [9.17, 15) is 22.8 Å². The van der Waals surface area contributed by atoms with Gasteiger partial charge in [0.15, 0.2) is 0 Å². The first-order valence-electron chi connectivity index (χ1n) is 10.6. The van der Waals surface area contributed by atoms with Crippen LogP contribution in [0.4, 0.5) is 24.9 Å². The third kappa shape index (κ3) is 5.57. The molecule has 2 amide bonds. The Balaban J connectivity index is 1.32. The number of halogens is 3. The zero-order chi connectivity index (χ0) is 22.7. The Bertz CT molecular complexity index is 955. The van der Waals surface area contributed by atoms with Crippen molar-refractivity contribution in [2.75, 3.05) is 16.8 Å². The first-order chi connectivity index (χ1) is 15.3. The quantitative estimate of drug-likeness (QED) is 0.669. The summed E-state index contributed by atoms with van der Waals surface area (Å²) in [5.41, 5.74) is 0.437. The molecule has 1 aromatic heterocycles. The fourth-order valence-electron chi connectivity index (χ4n) is 4.22. The molecule has 0 bridgehead atoms. The van der Waals surface area contributed by atoms with Gasteiger partial charge in [0, 0.05) is 25.1 Å². The molecular weight excluding hydrogens is 429 g/mol. The Morgan fingerprint density at radius 3 is 2.59 bits per heavy atom. The number of amides is 2. The predicted octanol–water partition coefficient (Wildman–Crippen LogP) is 4.40. The average molecular weight is 452 g/mol. The van der Waals surface area contributed by atoms with E-state index in [2.05, 4.69) is 20.3 Å². The number of benzene rings is 1. The summed E-state index contributed by atoms with van der Waals surface area (Å²) in [6.07, 6.45) is 1.35. The topological polar surface area (TPSA) is 97.6 Å². The molecule has 2 heterocycles. The van der Waals surface area contributed by atoms with Gasteiger partial charge in [-0.25, -0.2) is 0 Å². The number of ether oxygens (including phenoxy) is 1. The molecular formula is C21H23F3N4O4. The molecule has 1 aliphatic carbocycles. The Hall–Kier alpha value is -3.11. The van der Waals surface area contributed by atoms with Crippen molar-refractivity contribution in [2.45, 2.75) is 57.2 Å². The van der Waals surface area contributed by atoms with Crippen molar-refractivity contribution in [3.8, 4) is 5.75 Å². The summed E-state index contributed by atoms with van der Waals surface area (Å²) in [5, 5.41) is 10.4. The molecule has 8 nitrogen and oxygen atoms in total. The number of hydrogen-bond donors (Lipinski definition) is 1. The third-order valence-electron chi connectivity index (χ3n) is 5.80. The minimum absolute atomic E-state index is 0.00373. The molecule has 0 spiro atoms. The molecule has 0 unspecified atom stereocenters. The minimum atomic E-state index is -4.78. The standard InChI is InChI=1S/C21H23F3N4O4/c22-21(23,24)32-16-8-6-15(7-9-16)28-12-14(11-18(28)30)19-26-27-20(31-19)25-17(29)10-5-13-3-1-2-4-13/h6-9,13-14H,1-5,10-12H2,(H,25,27,29)/t14-/m1/s1. The lowest BCUT2D eigenvalue weighted by atomic mass is 10.0. The van der Waals surface area contributed by atoms with Crippen LogP contribution in [-0.4, -0.2) is 34.9 Å². The number of aromatic nitrogens is 2. The fourth-order valence-corrected chi connectivity index (χ4v) is 4.22. The van der Waals surface area contributed by atoms with Gasteiger partial charge in [-0.15, -0.1) is 18.3 Å². The van der Waals surface area contributed by atoms with E-state index in [-0.39, 0.29) is 48.4 Å². The summed E-state index contributed by atoms with van der Waals surface area (Å²) < 4.78 is 46.3. The summed E-state index contributed by atoms with van der Waals surface area (Å²) in [4.78, 5) is 26.0. The molecule has 32 heavy (non-hydrogen) atoms. The second kappa shape index (κ2) is 9.17. The zero-order valence-electron chi connectivity index (χ0n) is 17.2. The zero-order valence-corrected chi connectivity index (χ0v) is 17.2.